The van der Waals surface area contributed by atoms with Crippen LogP contribution >= 0.6 is 0 Å². The van der Waals surface area contributed by atoms with Crippen molar-refractivity contribution in [2.75, 3.05) is 25.5 Å². The molecule has 3 heterocycles. The molecule has 1 amide bonds. The number of carbonyl (C=O) groups is 1. The maximum atomic E-state index is 12.4. The summed E-state index contributed by atoms with van der Waals surface area (Å²) < 4.78 is 2.88. The lowest BCUT2D eigenvalue weighted by atomic mass is 10.2. The first-order chi connectivity index (χ1) is 11.8. The molecule has 0 aliphatic carbocycles. The van der Waals surface area contributed by atoms with E-state index in [1.807, 2.05) is 20.8 Å². The van der Waals surface area contributed by atoms with E-state index in [-0.39, 0.29) is 18.1 Å². The topological polar surface area (TPSA) is 89.2 Å². The number of nitrogens with zero attached hydrogens (tertiary/aromatic N) is 7. The summed E-state index contributed by atoms with van der Waals surface area (Å²) in [5.74, 6) is 2.09. The van der Waals surface area contributed by atoms with Gasteiger partial charge in [0, 0.05) is 38.4 Å². The SMILES string of the molecule is Cc1nc(C)c(C)c(N2CCn3c(nn(CC(=O)N(C)C)c3=O)C2)n1. The van der Waals surface area contributed by atoms with Crippen molar-refractivity contribution < 1.29 is 4.79 Å². The second-order valence-electron chi connectivity index (χ2n) is 6.52. The van der Waals surface area contributed by atoms with E-state index in [4.69, 9.17) is 0 Å². The van der Waals surface area contributed by atoms with Crippen LogP contribution in [-0.2, 0) is 24.4 Å². The number of hydrogen-bond donors (Lipinski definition) is 0. The van der Waals surface area contributed by atoms with E-state index < -0.39 is 0 Å². The van der Waals surface area contributed by atoms with Crippen LogP contribution in [0.2, 0.25) is 0 Å². The van der Waals surface area contributed by atoms with Gasteiger partial charge in [-0.05, 0) is 20.8 Å². The molecule has 1 aliphatic heterocycles. The van der Waals surface area contributed by atoms with Crippen molar-refractivity contribution >= 4 is 11.7 Å². The van der Waals surface area contributed by atoms with Gasteiger partial charge in [-0.15, -0.1) is 0 Å². The number of carbonyl (C=O) groups excluding carboxylic acids is 1. The molecule has 0 aromatic carbocycles. The molecule has 0 fully saturated rings. The monoisotopic (exact) mass is 345 g/mol. The van der Waals surface area contributed by atoms with Gasteiger partial charge in [0.05, 0.1) is 6.54 Å². The molecule has 0 spiro atoms. The first-order valence-corrected chi connectivity index (χ1v) is 8.21. The summed E-state index contributed by atoms with van der Waals surface area (Å²) in [7, 11) is 3.32. The van der Waals surface area contributed by atoms with Gasteiger partial charge in [-0.25, -0.2) is 19.4 Å². The van der Waals surface area contributed by atoms with Crippen LogP contribution in [0.4, 0.5) is 5.82 Å². The molecule has 0 bridgehead atoms. The van der Waals surface area contributed by atoms with Crippen molar-refractivity contribution in [2.45, 2.75) is 40.4 Å². The van der Waals surface area contributed by atoms with Crippen molar-refractivity contribution in [2.24, 2.45) is 0 Å². The summed E-state index contributed by atoms with van der Waals surface area (Å²) in [6, 6.07) is 0. The van der Waals surface area contributed by atoms with Gasteiger partial charge in [0.25, 0.3) is 0 Å². The molecule has 0 N–H and O–H groups in total. The Morgan fingerprint density at radius 1 is 1.16 bits per heavy atom. The van der Waals surface area contributed by atoms with Crippen molar-refractivity contribution in [1.82, 2.24) is 29.2 Å². The number of aromatic nitrogens is 5. The Hall–Kier alpha value is -2.71. The smallest absolute Gasteiger partial charge is 0.346 e. The second kappa shape index (κ2) is 6.30. The minimum absolute atomic E-state index is 0.0451. The molecule has 134 valence electrons. The number of aryl methyl sites for hydroxylation is 2. The first kappa shape index (κ1) is 17.1. The summed E-state index contributed by atoms with van der Waals surface area (Å²) in [5, 5.41) is 4.36. The molecule has 9 nitrogen and oxygen atoms in total. The molecule has 2 aromatic rings. The molecule has 0 unspecified atom stereocenters. The Morgan fingerprint density at radius 2 is 1.88 bits per heavy atom. The highest BCUT2D eigenvalue weighted by Gasteiger charge is 2.25. The van der Waals surface area contributed by atoms with Gasteiger partial charge in [0.15, 0.2) is 5.82 Å². The van der Waals surface area contributed by atoms with Gasteiger partial charge in [-0.2, -0.15) is 5.10 Å². The van der Waals surface area contributed by atoms with E-state index in [0.29, 0.717) is 25.5 Å². The van der Waals surface area contributed by atoms with Gasteiger partial charge in [0.1, 0.15) is 18.2 Å². The Bertz CT molecular complexity index is 881. The van der Waals surface area contributed by atoms with Gasteiger partial charge in [0.2, 0.25) is 5.91 Å². The molecule has 0 radical (unpaired) electrons. The zero-order chi connectivity index (χ0) is 18.3. The third kappa shape index (κ3) is 3.13. The molecule has 1 aliphatic rings. The molecule has 0 saturated heterocycles. The van der Waals surface area contributed by atoms with E-state index in [1.165, 1.54) is 9.58 Å². The summed E-state index contributed by atoms with van der Waals surface area (Å²) in [5.41, 5.74) is 1.74. The highest BCUT2D eigenvalue weighted by atomic mass is 16.2. The number of anilines is 1. The minimum atomic E-state index is -0.239. The average Bonchev–Trinajstić information content (AvgIpc) is 2.86. The lowest BCUT2D eigenvalue weighted by Gasteiger charge is -2.29. The highest BCUT2D eigenvalue weighted by Crippen LogP contribution is 2.23. The number of fused-ring (bicyclic) bond motifs is 1. The fraction of sp³-hybridized carbons (Fsp3) is 0.562. The summed E-state index contributed by atoms with van der Waals surface area (Å²) >= 11 is 0. The number of rotatable bonds is 3. The number of amides is 1. The van der Waals surface area contributed by atoms with Crippen molar-refractivity contribution in [1.29, 1.82) is 0 Å². The van der Waals surface area contributed by atoms with E-state index in [9.17, 15) is 9.59 Å². The molecule has 9 heteroatoms. The van der Waals surface area contributed by atoms with Crippen LogP contribution in [0.3, 0.4) is 0 Å². The summed E-state index contributed by atoms with van der Waals surface area (Å²) in [6.07, 6.45) is 0. The first-order valence-electron chi connectivity index (χ1n) is 8.21. The van der Waals surface area contributed by atoms with Crippen LogP contribution in [0, 0.1) is 20.8 Å². The molecule has 25 heavy (non-hydrogen) atoms. The largest absolute Gasteiger partial charge is 0.347 e. The van der Waals surface area contributed by atoms with Crippen molar-refractivity contribution in [3.8, 4) is 0 Å². The van der Waals surface area contributed by atoms with E-state index in [2.05, 4.69) is 20.0 Å². The van der Waals surface area contributed by atoms with Gasteiger partial charge < -0.3 is 9.80 Å². The van der Waals surface area contributed by atoms with Gasteiger partial charge in [-0.1, -0.05) is 0 Å². The van der Waals surface area contributed by atoms with Crippen LogP contribution in [0.25, 0.3) is 0 Å². The van der Waals surface area contributed by atoms with Crippen LogP contribution in [-0.4, -0.2) is 55.8 Å². The predicted octanol–water partition coefficient (Wildman–Crippen LogP) is -0.132. The van der Waals surface area contributed by atoms with Crippen LogP contribution in [0.1, 0.15) is 22.9 Å². The van der Waals surface area contributed by atoms with Gasteiger partial charge >= 0.3 is 5.69 Å². The molecular formula is C16H23N7O2. The third-order valence-corrected chi connectivity index (χ3v) is 4.48. The van der Waals surface area contributed by atoms with Crippen molar-refractivity contribution in [3.63, 3.8) is 0 Å². The number of likely N-dealkylation sites (N-methyl/N-ethyl adjacent to an activating group) is 1. The Kier molecular flexibility index (Phi) is 4.32. The average molecular weight is 345 g/mol. The van der Waals surface area contributed by atoms with Crippen molar-refractivity contribution in [3.05, 3.63) is 33.4 Å². The highest BCUT2D eigenvalue weighted by molar-refractivity contribution is 5.75. The van der Waals surface area contributed by atoms with E-state index in [1.54, 1.807) is 18.7 Å². The Balaban J connectivity index is 1.90. The number of hydrogen-bond acceptors (Lipinski definition) is 6. The maximum absolute atomic E-state index is 12.4. The second-order valence-corrected chi connectivity index (χ2v) is 6.52. The summed E-state index contributed by atoms with van der Waals surface area (Å²) in [6.45, 7) is 7.46. The fourth-order valence-corrected chi connectivity index (χ4v) is 2.91. The maximum Gasteiger partial charge on any atom is 0.346 e. The van der Waals surface area contributed by atoms with Crippen LogP contribution < -0.4 is 10.6 Å². The third-order valence-electron chi connectivity index (χ3n) is 4.48. The lowest BCUT2D eigenvalue weighted by Crippen LogP contribution is -2.39. The van der Waals surface area contributed by atoms with Crippen LogP contribution in [0.15, 0.2) is 4.79 Å². The van der Waals surface area contributed by atoms with Gasteiger partial charge in [-0.3, -0.25) is 9.36 Å². The van der Waals surface area contributed by atoms with E-state index >= 15 is 0 Å². The quantitative estimate of drug-likeness (QED) is 0.770. The zero-order valence-corrected chi connectivity index (χ0v) is 15.3. The summed E-state index contributed by atoms with van der Waals surface area (Å²) in [4.78, 5) is 36.8. The molecule has 0 atom stereocenters. The van der Waals surface area contributed by atoms with Crippen LogP contribution in [0.5, 0.6) is 0 Å². The Morgan fingerprint density at radius 3 is 2.56 bits per heavy atom. The predicted molar refractivity (Wildman–Crippen MR) is 92.5 cm³/mol. The normalized spacial score (nSPS) is 13.7. The minimum Gasteiger partial charge on any atom is -0.347 e. The zero-order valence-electron chi connectivity index (χ0n) is 15.3. The standard InChI is InChI=1S/C16H23N7O2/c1-10-11(2)17-12(3)18-15(10)21-6-7-22-13(8-21)19-23(16(22)25)9-14(24)20(4)5/h6-9H2,1-5H3. The van der Waals surface area contributed by atoms with E-state index in [0.717, 1.165) is 22.9 Å². The molecular weight excluding hydrogens is 322 g/mol. The molecule has 2 aromatic heterocycles. The lowest BCUT2D eigenvalue weighted by molar-refractivity contribution is -0.129. The molecule has 3 rings (SSSR count). The fourth-order valence-electron chi connectivity index (χ4n) is 2.91. The molecule has 0 saturated carbocycles. The Labute approximate surface area is 145 Å².